The summed E-state index contributed by atoms with van der Waals surface area (Å²) >= 11 is 1.90. The smallest absolute Gasteiger partial charge is 0.370 e. The van der Waals surface area contributed by atoms with Crippen LogP contribution < -0.4 is 10.6 Å². The number of nitrogens with zero attached hydrogens (tertiary/aromatic N) is 1. The maximum Gasteiger partial charge on any atom is 0.416 e. The Balaban J connectivity index is 2.29. The minimum absolute atomic E-state index is 0.0947. The van der Waals surface area contributed by atoms with Crippen molar-refractivity contribution in [2.45, 2.75) is 31.3 Å². The third-order valence-electron chi connectivity index (χ3n) is 3.58. The zero-order valence-electron chi connectivity index (χ0n) is 11.4. The number of nitrogens with two attached hydrogens (primary N) is 1. The SMILES string of the molecule is CCC1CN(c2ccc(CN)c(C(F)(F)F)c2)CCS1. The molecule has 0 radical (unpaired) electrons. The van der Waals surface area contributed by atoms with E-state index < -0.39 is 11.7 Å². The highest BCUT2D eigenvalue weighted by atomic mass is 32.2. The topological polar surface area (TPSA) is 29.3 Å². The normalized spacial score (nSPS) is 20.2. The molecule has 0 saturated carbocycles. The molecule has 1 unspecified atom stereocenters. The Labute approximate surface area is 121 Å². The van der Waals surface area contributed by atoms with E-state index in [2.05, 4.69) is 6.92 Å². The zero-order valence-corrected chi connectivity index (χ0v) is 12.2. The molecule has 20 heavy (non-hydrogen) atoms. The second-order valence-corrected chi connectivity index (χ2v) is 6.30. The van der Waals surface area contributed by atoms with Crippen molar-refractivity contribution in [1.82, 2.24) is 0 Å². The van der Waals surface area contributed by atoms with E-state index in [9.17, 15) is 13.2 Å². The van der Waals surface area contributed by atoms with Crippen LogP contribution in [-0.4, -0.2) is 24.1 Å². The molecule has 1 aliphatic rings. The Bertz CT molecular complexity index is 462. The van der Waals surface area contributed by atoms with Crippen LogP contribution in [0, 0.1) is 0 Å². The van der Waals surface area contributed by atoms with Crippen molar-refractivity contribution in [2.24, 2.45) is 5.73 Å². The lowest BCUT2D eigenvalue weighted by atomic mass is 10.1. The summed E-state index contributed by atoms with van der Waals surface area (Å²) in [5, 5.41) is 0.493. The van der Waals surface area contributed by atoms with E-state index in [0.29, 0.717) is 10.9 Å². The average molecular weight is 304 g/mol. The highest BCUT2D eigenvalue weighted by Crippen LogP contribution is 2.35. The van der Waals surface area contributed by atoms with Crippen LogP contribution in [0.1, 0.15) is 24.5 Å². The third kappa shape index (κ3) is 3.41. The minimum atomic E-state index is -4.35. The number of hydrogen-bond acceptors (Lipinski definition) is 3. The molecule has 0 aliphatic carbocycles. The van der Waals surface area contributed by atoms with E-state index in [1.807, 2.05) is 16.7 Å². The summed E-state index contributed by atoms with van der Waals surface area (Å²) in [6.45, 7) is 3.61. The first-order chi connectivity index (χ1) is 9.45. The van der Waals surface area contributed by atoms with Gasteiger partial charge in [-0.15, -0.1) is 0 Å². The molecular weight excluding hydrogens is 285 g/mol. The Kier molecular flexibility index (Phi) is 4.86. The van der Waals surface area contributed by atoms with E-state index in [0.717, 1.165) is 25.3 Å². The molecule has 1 atom stereocenters. The van der Waals surface area contributed by atoms with Crippen molar-refractivity contribution in [2.75, 3.05) is 23.7 Å². The van der Waals surface area contributed by atoms with Gasteiger partial charge in [-0.1, -0.05) is 13.0 Å². The summed E-state index contributed by atoms with van der Waals surface area (Å²) in [4.78, 5) is 2.04. The van der Waals surface area contributed by atoms with Crippen molar-refractivity contribution < 1.29 is 13.2 Å². The largest absolute Gasteiger partial charge is 0.416 e. The number of benzene rings is 1. The van der Waals surface area contributed by atoms with Crippen molar-refractivity contribution in [3.8, 4) is 0 Å². The van der Waals surface area contributed by atoms with Gasteiger partial charge in [0.05, 0.1) is 5.56 Å². The van der Waals surface area contributed by atoms with Gasteiger partial charge in [0.1, 0.15) is 0 Å². The van der Waals surface area contributed by atoms with E-state index in [4.69, 9.17) is 5.73 Å². The molecule has 1 aliphatic heterocycles. The number of rotatable bonds is 3. The molecule has 1 aromatic carbocycles. The maximum absolute atomic E-state index is 13.0. The fourth-order valence-corrected chi connectivity index (χ4v) is 3.58. The molecule has 2 nitrogen and oxygen atoms in total. The molecule has 0 aromatic heterocycles. The van der Waals surface area contributed by atoms with Gasteiger partial charge in [-0.3, -0.25) is 0 Å². The quantitative estimate of drug-likeness (QED) is 0.927. The number of thioether (sulfide) groups is 1. The number of halogens is 3. The highest BCUT2D eigenvalue weighted by molar-refractivity contribution is 8.00. The molecule has 2 rings (SSSR count). The highest BCUT2D eigenvalue weighted by Gasteiger charge is 2.34. The molecular formula is C14H19F3N2S. The molecule has 1 fully saturated rings. The van der Waals surface area contributed by atoms with Gasteiger partial charge in [0, 0.05) is 36.3 Å². The van der Waals surface area contributed by atoms with Crippen LogP contribution in [0.3, 0.4) is 0 Å². The first-order valence-corrected chi connectivity index (χ1v) is 7.77. The van der Waals surface area contributed by atoms with Gasteiger partial charge in [0.25, 0.3) is 0 Å². The van der Waals surface area contributed by atoms with Gasteiger partial charge in [0.15, 0.2) is 0 Å². The van der Waals surface area contributed by atoms with Crippen molar-refractivity contribution in [1.29, 1.82) is 0 Å². The number of alkyl halides is 3. The van der Waals surface area contributed by atoms with Crippen LogP contribution >= 0.6 is 11.8 Å². The number of anilines is 1. The van der Waals surface area contributed by atoms with Gasteiger partial charge in [-0.25, -0.2) is 0 Å². The fourth-order valence-electron chi connectivity index (χ4n) is 2.40. The van der Waals surface area contributed by atoms with E-state index >= 15 is 0 Å². The number of hydrogen-bond donors (Lipinski definition) is 1. The summed E-state index contributed by atoms with van der Waals surface area (Å²) in [6, 6.07) is 4.49. The average Bonchev–Trinajstić information content (AvgIpc) is 2.45. The lowest BCUT2D eigenvalue weighted by molar-refractivity contribution is -0.138. The second-order valence-electron chi connectivity index (χ2n) is 4.89. The van der Waals surface area contributed by atoms with Crippen molar-refractivity contribution in [3.05, 3.63) is 29.3 Å². The lowest BCUT2D eigenvalue weighted by Gasteiger charge is -2.34. The Morgan fingerprint density at radius 1 is 1.40 bits per heavy atom. The minimum Gasteiger partial charge on any atom is -0.370 e. The summed E-state index contributed by atoms with van der Waals surface area (Å²) in [7, 11) is 0. The van der Waals surface area contributed by atoms with Gasteiger partial charge in [-0.05, 0) is 24.1 Å². The first-order valence-electron chi connectivity index (χ1n) is 6.72. The fraction of sp³-hybridized carbons (Fsp3) is 0.571. The summed E-state index contributed by atoms with van der Waals surface area (Å²) in [5.74, 6) is 0.957. The zero-order chi connectivity index (χ0) is 14.8. The van der Waals surface area contributed by atoms with Gasteiger partial charge < -0.3 is 10.6 Å². The summed E-state index contributed by atoms with van der Waals surface area (Å²) in [5.41, 5.74) is 5.59. The standard InChI is InChI=1S/C14H19F3N2S/c1-2-12-9-19(5-6-20-12)11-4-3-10(8-18)13(7-11)14(15,16)17/h3-4,7,12H,2,5-6,8-9,18H2,1H3. The molecule has 1 aromatic rings. The van der Waals surface area contributed by atoms with Crippen LogP contribution in [0.25, 0.3) is 0 Å². The lowest BCUT2D eigenvalue weighted by Crippen LogP contribution is -2.37. The van der Waals surface area contributed by atoms with Gasteiger partial charge >= 0.3 is 6.18 Å². The van der Waals surface area contributed by atoms with Crippen molar-refractivity contribution in [3.63, 3.8) is 0 Å². The Morgan fingerprint density at radius 3 is 2.75 bits per heavy atom. The van der Waals surface area contributed by atoms with E-state index in [1.54, 1.807) is 6.07 Å². The summed E-state index contributed by atoms with van der Waals surface area (Å²) in [6.07, 6.45) is -3.31. The van der Waals surface area contributed by atoms with Crippen LogP contribution in [0.5, 0.6) is 0 Å². The van der Waals surface area contributed by atoms with E-state index in [1.165, 1.54) is 12.1 Å². The molecule has 0 bridgehead atoms. The first kappa shape index (κ1) is 15.5. The second kappa shape index (κ2) is 6.26. The van der Waals surface area contributed by atoms with Crippen LogP contribution in [0.4, 0.5) is 18.9 Å². The third-order valence-corrected chi connectivity index (χ3v) is 4.95. The molecule has 2 N–H and O–H groups in total. The molecule has 0 amide bonds. The molecule has 112 valence electrons. The van der Waals surface area contributed by atoms with E-state index in [-0.39, 0.29) is 12.1 Å². The van der Waals surface area contributed by atoms with Gasteiger partial charge in [-0.2, -0.15) is 24.9 Å². The van der Waals surface area contributed by atoms with Gasteiger partial charge in [0.2, 0.25) is 0 Å². The molecule has 0 spiro atoms. The predicted molar refractivity (Wildman–Crippen MR) is 78.1 cm³/mol. The monoisotopic (exact) mass is 304 g/mol. The molecule has 1 heterocycles. The van der Waals surface area contributed by atoms with Crippen LogP contribution in [-0.2, 0) is 12.7 Å². The predicted octanol–water partition coefficient (Wildman–Crippen LogP) is 3.50. The summed E-state index contributed by atoms with van der Waals surface area (Å²) < 4.78 is 39.1. The van der Waals surface area contributed by atoms with Crippen LogP contribution in [0.2, 0.25) is 0 Å². The molecule has 6 heteroatoms. The maximum atomic E-state index is 13.0. The van der Waals surface area contributed by atoms with Crippen LogP contribution in [0.15, 0.2) is 18.2 Å². The van der Waals surface area contributed by atoms with Crippen molar-refractivity contribution >= 4 is 17.4 Å². The Morgan fingerprint density at radius 2 is 2.15 bits per heavy atom. The molecule has 1 saturated heterocycles. The Hall–Kier alpha value is -0.880.